The van der Waals surface area contributed by atoms with Crippen LogP contribution in [-0.2, 0) is 9.53 Å². The normalized spacial score (nSPS) is 29.5. The van der Waals surface area contributed by atoms with Gasteiger partial charge in [0.2, 0.25) is 5.91 Å². The summed E-state index contributed by atoms with van der Waals surface area (Å²) in [6, 6.07) is 0. The van der Waals surface area contributed by atoms with Crippen molar-refractivity contribution in [1.29, 1.82) is 0 Å². The maximum absolute atomic E-state index is 12.0. The molecule has 1 amide bonds. The van der Waals surface area contributed by atoms with Gasteiger partial charge in [-0.25, -0.2) is 0 Å². The number of aliphatic hydroxyl groups excluding tert-OH is 1. The van der Waals surface area contributed by atoms with E-state index in [2.05, 4.69) is 5.32 Å². The number of nitrogens with zero attached hydrogens (tertiary/aromatic N) is 1. The minimum atomic E-state index is -0.372. The van der Waals surface area contributed by atoms with Gasteiger partial charge in [0.25, 0.3) is 0 Å². The Morgan fingerprint density at radius 1 is 1.37 bits per heavy atom. The van der Waals surface area contributed by atoms with Crippen molar-refractivity contribution in [2.24, 2.45) is 5.92 Å². The molecule has 0 bridgehead atoms. The van der Waals surface area contributed by atoms with Gasteiger partial charge in [-0.3, -0.25) is 4.79 Å². The summed E-state index contributed by atoms with van der Waals surface area (Å²) in [5.41, 5.74) is 0. The van der Waals surface area contributed by atoms with E-state index in [-0.39, 0.29) is 12.0 Å². The second-order valence-corrected chi connectivity index (χ2v) is 5.74. The lowest BCUT2D eigenvalue weighted by Crippen LogP contribution is -2.46. The lowest BCUT2D eigenvalue weighted by Gasteiger charge is -2.34. The Hall–Kier alpha value is -0.650. The average Bonchev–Trinajstić information content (AvgIpc) is 2.43. The first-order valence-electron chi connectivity index (χ1n) is 7.45. The summed E-state index contributed by atoms with van der Waals surface area (Å²) in [6.45, 7) is 5.81. The predicted molar refractivity (Wildman–Crippen MR) is 72.8 cm³/mol. The zero-order valence-corrected chi connectivity index (χ0v) is 11.8. The lowest BCUT2D eigenvalue weighted by atomic mass is 9.96. The molecule has 0 radical (unpaired) electrons. The second-order valence-electron chi connectivity index (χ2n) is 5.74. The first-order chi connectivity index (χ1) is 9.16. The molecule has 19 heavy (non-hydrogen) atoms. The van der Waals surface area contributed by atoms with E-state index >= 15 is 0 Å². The fourth-order valence-corrected chi connectivity index (χ4v) is 2.71. The van der Waals surface area contributed by atoms with E-state index < -0.39 is 0 Å². The Morgan fingerprint density at radius 2 is 2.11 bits per heavy atom. The molecule has 2 N–H and O–H groups in total. The Labute approximate surface area is 115 Å². The molecule has 0 aromatic carbocycles. The third-order valence-corrected chi connectivity index (χ3v) is 4.23. The largest absolute Gasteiger partial charge is 0.391 e. The van der Waals surface area contributed by atoms with Crippen LogP contribution in [0.1, 0.15) is 32.6 Å². The van der Waals surface area contributed by atoms with Crippen molar-refractivity contribution in [3.8, 4) is 0 Å². The zero-order chi connectivity index (χ0) is 13.7. The quantitative estimate of drug-likeness (QED) is 0.775. The summed E-state index contributed by atoms with van der Waals surface area (Å²) in [6.07, 6.45) is 3.33. The van der Waals surface area contributed by atoms with Gasteiger partial charge in [0, 0.05) is 13.1 Å². The molecular weight excluding hydrogens is 244 g/mol. The molecule has 0 spiro atoms. The van der Waals surface area contributed by atoms with Crippen LogP contribution in [0.3, 0.4) is 0 Å². The average molecular weight is 270 g/mol. The second kappa shape index (κ2) is 7.22. The Morgan fingerprint density at radius 3 is 2.79 bits per heavy atom. The number of hydrogen-bond donors (Lipinski definition) is 2. The minimum absolute atomic E-state index is 0.111. The SMILES string of the molecule is CC1CCN(C(=O)CCOC2CCNCC2)CC1O. The molecule has 2 unspecified atom stereocenters. The van der Waals surface area contributed by atoms with Gasteiger partial charge in [0.05, 0.1) is 25.2 Å². The van der Waals surface area contributed by atoms with Crippen molar-refractivity contribution in [2.45, 2.75) is 44.8 Å². The highest BCUT2D eigenvalue weighted by molar-refractivity contribution is 5.76. The fourth-order valence-electron chi connectivity index (χ4n) is 2.71. The van der Waals surface area contributed by atoms with Crippen LogP contribution in [0, 0.1) is 5.92 Å². The maximum atomic E-state index is 12.0. The monoisotopic (exact) mass is 270 g/mol. The van der Waals surface area contributed by atoms with Gasteiger partial charge in [-0.15, -0.1) is 0 Å². The molecule has 0 aromatic heterocycles. The standard InChI is InChI=1S/C14H26N2O3/c1-11-4-8-16(10-13(11)17)14(18)5-9-19-12-2-6-15-7-3-12/h11-13,15,17H,2-10H2,1H3. The first kappa shape index (κ1) is 14.8. The highest BCUT2D eigenvalue weighted by Gasteiger charge is 2.27. The van der Waals surface area contributed by atoms with Crippen LogP contribution in [0.25, 0.3) is 0 Å². The van der Waals surface area contributed by atoms with Gasteiger partial charge < -0.3 is 20.1 Å². The summed E-state index contributed by atoms with van der Waals surface area (Å²) in [4.78, 5) is 13.8. The summed E-state index contributed by atoms with van der Waals surface area (Å²) in [5, 5.41) is 13.1. The van der Waals surface area contributed by atoms with Crippen molar-refractivity contribution in [2.75, 3.05) is 32.8 Å². The first-order valence-corrected chi connectivity index (χ1v) is 7.45. The molecule has 0 aliphatic carbocycles. The van der Waals surface area contributed by atoms with Crippen LogP contribution in [0.2, 0.25) is 0 Å². The van der Waals surface area contributed by atoms with Crippen LogP contribution >= 0.6 is 0 Å². The lowest BCUT2D eigenvalue weighted by molar-refractivity contribution is -0.137. The molecule has 2 atom stereocenters. The van der Waals surface area contributed by atoms with Crippen LogP contribution in [0.5, 0.6) is 0 Å². The number of rotatable bonds is 4. The summed E-state index contributed by atoms with van der Waals surface area (Å²) >= 11 is 0. The van der Waals surface area contributed by atoms with E-state index in [1.807, 2.05) is 6.92 Å². The Balaban J connectivity index is 1.63. The third-order valence-electron chi connectivity index (χ3n) is 4.23. The van der Waals surface area contributed by atoms with Crippen LogP contribution in [-0.4, -0.2) is 60.9 Å². The number of carbonyl (C=O) groups is 1. The van der Waals surface area contributed by atoms with Gasteiger partial charge in [0.1, 0.15) is 0 Å². The Kier molecular flexibility index (Phi) is 5.60. The van der Waals surface area contributed by atoms with Crippen molar-refractivity contribution in [3.63, 3.8) is 0 Å². The number of carbonyl (C=O) groups excluding carboxylic acids is 1. The molecule has 2 aliphatic rings. The number of piperidine rings is 2. The molecule has 5 heteroatoms. The maximum Gasteiger partial charge on any atom is 0.224 e. The van der Waals surface area contributed by atoms with E-state index in [0.717, 1.165) is 38.9 Å². The van der Waals surface area contributed by atoms with Gasteiger partial charge in [-0.1, -0.05) is 6.92 Å². The van der Waals surface area contributed by atoms with Gasteiger partial charge in [-0.05, 0) is 38.3 Å². The molecule has 0 saturated carbocycles. The van der Waals surface area contributed by atoms with Gasteiger partial charge >= 0.3 is 0 Å². The van der Waals surface area contributed by atoms with Crippen LogP contribution < -0.4 is 5.32 Å². The molecule has 2 aliphatic heterocycles. The summed E-state index contributed by atoms with van der Waals surface area (Å²) < 4.78 is 5.74. The smallest absolute Gasteiger partial charge is 0.224 e. The number of β-amino-alcohol motifs (C(OH)–C–C–N with tert-alkyl or cyclic N) is 1. The molecule has 0 aromatic rings. The summed E-state index contributed by atoms with van der Waals surface area (Å²) in [7, 11) is 0. The molecular formula is C14H26N2O3. The van der Waals surface area contributed by atoms with E-state index in [1.54, 1.807) is 4.90 Å². The van der Waals surface area contributed by atoms with E-state index in [9.17, 15) is 9.90 Å². The van der Waals surface area contributed by atoms with Crippen molar-refractivity contribution in [3.05, 3.63) is 0 Å². The molecule has 2 saturated heterocycles. The minimum Gasteiger partial charge on any atom is -0.391 e. The highest BCUT2D eigenvalue weighted by Crippen LogP contribution is 2.17. The van der Waals surface area contributed by atoms with Crippen molar-refractivity contribution in [1.82, 2.24) is 10.2 Å². The van der Waals surface area contributed by atoms with E-state index in [1.165, 1.54) is 0 Å². The third kappa shape index (κ3) is 4.44. The van der Waals surface area contributed by atoms with Crippen LogP contribution in [0.4, 0.5) is 0 Å². The summed E-state index contributed by atoms with van der Waals surface area (Å²) in [5.74, 6) is 0.412. The van der Waals surface area contributed by atoms with Crippen molar-refractivity contribution < 1.29 is 14.6 Å². The number of nitrogens with one attached hydrogen (secondary N) is 1. The number of hydrogen-bond acceptors (Lipinski definition) is 4. The molecule has 2 heterocycles. The van der Waals surface area contributed by atoms with E-state index in [4.69, 9.17) is 4.74 Å². The molecule has 110 valence electrons. The predicted octanol–water partition coefficient (Wildman–Crippen LogP) is 0.374. The molecule has 5 nitrogen and oxygen atoms in total. The topological polar surface area (TPSA) is 61.8 Å². The number of ether oxygens (including phenoxy) is 1. The highest BCUT2D eigenvalue weighted by atomic mass is 16.5. The number of likely N-dealkylation sites (tertiary alicyclic amines) is 1. The van der Waals surface area contributed by atoms with Crippen molar-refractivity contribution >= 4 is 5.91 Å². The van der Waals surface area contributed by atoms with Gasteiger partial charge in [-0.2, -0.15) is 0 Å². The van der Waals surface area contributed by atoms with Gasteiger partial charge in [0.15, 0.2) is 0 Å². The Bertz CT molecular complexity index is 292. The number of amides is 1. The zero-order valence-electron chi connectivity index (χ0n) is 11.8. The molecule has 2 rings (SSSR count). The fraction of sp³-hybridized carbons (Fsp3) is 0.929. The van der Waals surface area contributed by atoms with Crippen LogP contribution in [0.15, 0.2) is 0 Å². The van der Waals surface area contributed by atoms with E-state index in [0.29, 0.717) is 31.6 Å². The number of aliphatic hydroxyl groups is 1. The molecule has 2 fully saturated rings.